The fourth-order valence-electron chi connectivity index (χ4n) is 3.64. The van der Waals surface area contributed by atoms with E-state index in [1.54, 1.807) is 0 Å². The van der Waals surface area contributed by atoms with E-state index in [1.807, 2.05) is 0 Å². The first-order valence-electron chi connectivity index (χ1n) is 12.2. The van der Waals surface area contributed by atoms with Crippen molar-refractivity contribution in [1.29, 1.82) is 5.41 Å². The highest BCUT2D eigenvalue weighted by molar-refractivity contribution is 7.84. The molecule has 1 aliphatic heterocycles. The number of aliphatic carboxylic acids is 1. The third-order valence-corrected chi connectivity index (χ3v) is 7.59. The SMILES string of the molecule is N=C(NCCCN)NC/C(N)=C/N(N)CC1C(NC(=O)/C(=N\OC2(C(=O)O)CC2)c2csc(N)n2)C(=O)N1S(=O)(=O)O. The Morgan fingerprint density at radius 1 is 1.38 bits per heavy atom. The molecule has 232 valence electrons. The molecule has 0 aromatic carbocycles. The van der Waals surface area contributed by atoms with Crippen LogP contribution >= 0.6 is 11.3 Å². The van der Waals surface area contributed by atoms with Crippen molar-refractivity contribution in [2.45, 2.75) is 36.9 Å². The third-order valence-electron chi connectivity index (χ3n) is 5.97. The molecule has 42 heavy (non-hydrogen) atoms. The van der Waals surface area contributed by atoms with Gasteiger partial charge in [-0.05, 0) is 13.0 Å². The number of hydrogen-bond acceptors (Lipinski definition) is 15. The van der Waals surface area contributed by atoms with E-state index in [4.69, 9.17) is 33.3 Å². The molecule has 1 aliphatic carbocycles. The number of anilines is 1. The predicted octanol–water partition coefficient (Wildman–Crippen LogP) is -4.00. The summed E-state index contributed by atoms with van der Waals surface area (Å²) in [5.41, 5.74) is 14.8. The number of guanidine groups is 1. The van der Waals surface area contributed by atoms with Crippen LogP contribution in [-0.2, 0) is 29.5 Å². The van der Waals surface area contributed by atoms with Crippen molar-refractivity contribution in [2.75, 3.05) is 31.9 Å². The van der Waals surface area contributed by atoms with Gasteiger partial charge in [0.1, 0.15) is 11.7 Å². The van der Waals surface area contributed by atoms with E-state index in [0.29, 0.717) is 19.5 Å². The molecule has 1 saturated carbocycles. The van der Waals surface area contributed by atoms with Gasteiger partial charge in [0.05, 0.1) is 19.1 Å². The largest absolute Gasteiger partial charge is 0.478 e. The molecule has 2 unspecified atom stereocenters. The van der Waals surface area contributed by atoms with Gasteiger partial charge in [-0.3, -0.25) is 19.6 Å². The molecule has 14 N–H and O–H groups in total. The Balaban J connectivity index is 1.73. The molecule has 0 bridgehead atoms. The van der Waals surface area contributed by atoms with Crippen molar-refractivity contribution in [1.82, 2.24) is 30.2 Å². The second kappa shape index (κ2) is 13.2. The number of hydrogen-bond donors (Lipinski definition) is 10. The number of rotatable bonds is 15. The Morgan fingerprint density at radius 2 is 2.07 bits per heavy atom. The molecule has 2 atom stereocenters. The summed E-state index contributed by atoms with van der Waals surface area (Å²) in [6, 6.07) is -2.92. The van der Waals surface area contributed by atoms with Crippen LogP contribution in [-0.4, -0.2) is 106 Å². The lowest BCUT2D eigenvalue weighted by Gasteiger charge is -2.45. The Kier molecular flexibility index (Phi) is 10.1. The molecule has 1 aromatic heterocycles. The summed E-state index contributed by atoms with van der Waals surface area (Å²) in [7, 11) is -5.05. The van der Waals surface area contributed by atoms with Crippen LogP contribution in [0.4, 0.5) is 5.13 Å². The minimum Gasteiger partial charge on any atom is -0.478 e. The highest BCUT2D eigenvalue weighted by Gasteiger charge is 2.56. The molecule has 0 radical (unpaired) electrons. The molecule has 2 heterocycles. The van der Waals surface area contributed by atoms with Gasteiger partial charge in [-0.25, -0.2) is 19.9 Å². The van der Waals surface area contributed by atoms with Gasteiger partial charge in [-0.1, -0.05) is 5.16 Å². The van der Waals surface area contributed by atoms with Crippen molar-refractivity contribution in [3.8, 4) is 0 Å². The van der Waals surface area contributed by atoms with Crippen LogP contribution < -0.4 is 39.0 Å². The van der Waals surface area contributed by atoms with E-state index in [2.05, 4.69) is 26.1 Å². The normalized spacial score (nSPS) is 19.9. The van der Waals surface area contributed by atoms with Gasteiger partial charge in [0.2, 0.25) is 5.60 Å². The lowest BCUT2D eigenvalue weighted by atomic mass is 9.98. The number of carbonyl (C=O) groups is 3. The maximum absolute atomic E-state index is 13.2. The van der Waals surface area contributed by atoms with Gasteiger partial charge in [-0.2, -0.15) is 8.42 Å². The van der Waals surface area contributed by atoms with Crippen LogP contribution in [0.2, 0.25) is 0 Å². The summed E-state index contributed by atoms with van der Waals surface area (Å²) in [6.07, 6.45) is 2.15. The molecule has 2 fully saturated rings. The fourth-order valence-corrected chi connectivity index (χ4v) is 5.06. The number of oxime groups is 1. The van der Waals surface area contributed by atoms with Crippen molar-refractivity contribution < 1.29 is 37.3 Å². The second-order valence-electron chi connectivity index (χ2n) is 9.23. The summed E-state index contributed by atoms with van der Waals surface area (Å²) in [6.45, 7) is 0.460. The number of nitrogens with one attached hydrogen (secondary N) is 4. The van der Waals surface area contributed by atoms with E-state index < -0.39 is 58.0 Å². The lowest BCUT2D eigenvalue weighted by Crippen LogP contribution is -2.74. The quantitative estimate of drug-likeness (QED) is 0.0167. The zero-order valence-electron chi connectivity index (χ0n) is 22.0. The Bertz CT molecular complexity index is 1380. The number of nitrogens with two attached hydrogens (primary N) is 4. The molecule has 1 aromatic rings. The van der Waals surface area contributed by atoms with E-state index in [1.165, 1.54) is 11.6 Å². The summed E-state index contributed by atoms with van der Waals surface area (Å²) < 4.78 is 33.5. The van der Waals surface area contributed by atoms with Gasteiger partial charge < -0.3 is 48.1 Å². The summed E-state index contributed by atoms with van der Waals surface area (Å²) >= 11 is 0.951. The minimum atomic E-state index is -5.05. The Morgan fingerprint density at radius 3 is 2.62 bits per heavy atom. The highest BCUT2D eigenvalue weighted by Crippen LogP contribution is 2.40. The Hall–Kier alpha value is -4.25. The van der Waals surface area contributed by atoms with Crippen molar-refractivity contribution in [3.63, 3.8) is 0 Å². The standard InChI is InChI=1S/C20H32N12O8S2/c21-4-1-5-26-18(23)27-6-10(22)7-31(25)8-12-14(16(34)32(12)42(37,38)39)29-15(33)13(11-9-41-19(24)28-11)30-40-20(2-3-20)17(35)36/h7,9,12,14H,1-6,8,21-22,25H2,(H2,24,28)(H,29,33)(H,35,36)(H3,23,26,27)(H,37,38,39)/b10-7-,30-13-. The van der Waals surface area contributed by atoms with E-state index in [-0.39, 0.29) is 46.2 Å². The fraction of sp³-hybridized carbons (Fsp3) is 0.500. The van der Waals surface area contributed by atoms with Crippen LogP contribution in [0.3, 0.4) is 0 Å². The summed E-state index contributed by atoms with van der Waals surface area (Å²) in [4.78, 5) is 46.4. The average molecular weight is 633 g/mol. The van der Waals surface area contributed by atoms with E-state index >= 15 is 0 Å². The van der Waals surface area contributed by atoms with E-state index in [0.717, 1.165) is 16.3 Å². The number of amides is 2. The van der Waals surface area contributed by atoms with Gasteiger partial charge >= 0.3 is 16.3 Å². The molecular formula is C20H32N12O8S2. The first kappa shape index (κ1) is 32.3. The van der Waals surface area contributed by atoms with Gasteiger partial charge in [0.15, 0.2) is 16.8 Å². The maximum atomic E-state index is 13.2. The second-order valence-corrected chi connectivity index (χ2v) is 11.4. The summed E-state index contributed by atoms with van der Waals surface area (Å²) in [5.74, 6) is 2.38. The maximum Gasteiger partial charge on any atom is 0.362 e. The first-order valence-corrected chi connectivity index (χ1v) is 14.5. The first-order chi connectivity index (χ1) is 19.7. The van der Waals surface area contributed by atoms with E-state index in [9.17, 15) is 32.5 Å². The number of nitrogens with zero attached hydrogens (tertiary/aromatic N) is 4. The molecular weight excluding hydrogens is 600 g/mol. The number of carboxylic acids is 1. The lowest BCUT2D eigenvalue weighted by molar-refractivity contribution is -0.153. The monoisotopic (exact) mass is 632 g/mol. The zero-order chi connectivity index (χ0) is 31.2. The number of thiazole rings is 1. The van der Waals surface area contributed by atoms with Crippen LogP contribution in [0.1, 0.15) is 25.0 Å². The number of aromatic nitrogens is 1. The molecule has 22 heteroatoms. The van der Waals surface area contributed by atoms with Crippen LogP contribution in [0.25, 0.3) is 0 Å². The molecule has 0 spiro atoms. The number of carboxylic acid groups (broad SMARTS) is 1. The van der Waals surface area contributed by atoms with Gasteiger partial charge in [0, 0.05) is 36.7 Å². The predicted molar refractivity (Wildman–Crippen MR) is 148 cm³/mol. The van der Waals surface area contributed by atoms with Gasteiger partial charge in [0.25, 0.3) is 11.8 Å². The van der Waals surface area contributed by atoms with Gasteiger partial charge in [-0.15, -0.1) is 11.3 Å². The number of hydrazine groups is 1. The third kappa shape index (κ3) is 7.94. The zero-order valence-corrected chi connectivity index (χ0v) is 23.7. The number of nitrogen functional groups attached to an aromatic ring is 1. The van der Waals surface area contributed by atoms with Crippen LogP contribution in [0.15, 0.2) is 22.4 Å². The topological polar surface area (TPSA) is 331 Å². The van der Waals surface area contributed by atoms with Crippen LogP contribution in [0.5, 0.6) is 0 Å². The summed E-state index contributed by atoms with van der Waals surface area (Å²) in [5, 5.41) is 30.9. The smallest absolute Gasteiger partial charge is 0.362 e. The minimum absolute atomic E-state index is 0.0208. The average Bonchev–Trinajstić information content (AvgIpc) is 3.58. The highest BCUT2D eigenvalue weighted by atomic mass is 32.2. The van der Waals surface area contributed by atoms with Crippen molar-refractivity contribution in [2.24, 2.45) is 22.5 Å². The molecule has 1 saturated heterocycles. The molecule has 2 amide bonds. The molecule has 2 aliphatic rings. The van der Waals surface area contributed by atoms with Crippen LogP contribution in [0, 0.1) is 5.41 Å². The molecule has 20 nitrogen and oxygen atoms in total. The Labute approximate surface area is 243 Å². The van der Waals surface area contributed by atoms with Crippen molar-refractivity contribution in [3.05, 3.63) is 23.0 Å². The number of carbonyl (C=O) groups excluding carboxylic acids is 2. The number of β-lactam (4-membered cyclic amide) rings is 1. The van der Waals surface area contributed by atoms with Crippen molar-refractivity contribution >= 4 is 56.2 Å². The molecule has 3 rings (SSSR count).